The molecule has 2 fully saturated rings. The first kappa shape index (κ1) is 22.5. The molecule has 0 bridgehead atoms. The number of rotatable bonds is 3. The number of hydrogen-bond donors (Lipinski definition) is 1. The van der Waals surface area contributed by atoms with Crippen LogP contribution in [0.5, 0.6) is 0 Å². The molecule has 1 aromatic rings. The van der Waals surface area contributed by atoms with E-state index in [-0.39, 0.29) is 24.0 Å². The summed E-state index contributed by atoms with van der Waals surface area (Å²) in [6.45, 7) is 8.10. The fraction of sp³-hybridized carbons (Fsp3) is 0.632. The molecule has 0 radical (unpaired) electrons. The molecule has 0 spiro atoms. The first-order valence-corrected chi connectivity index (χ1v) is 9.80. The first-order valence-electron chi connectivity index (χ1n) is 9.42. The van der Waals surface area contributed by atoms with Crippen molar-refractivity contribution in [2.24, 2.45) is 4.99 Å². The fourth-order valence-corrected chi connectivity index (χ4v) is 3.99. The van der Waals surface area contributed by atoms with Crippen molar-refractivity contribution in [2.45, 2.75) is 6.04 Å². The maximum absolute atomic E-state index is 6.35. The number of nitrogens with one attached hydrogen (secondary N) is 1. The average Bonchev–Trinajstić information content (AvgIpc) is 2.66. The Morgan fingerprint density at radius 2 is 1.81 bits per heavy atom. The molecule has 3 rings (SSSR count). The third-order valence-electron chi connectivity index (χ3n) is 5.46. The van der Waals surface area contributed by atoms with E-state index in [4.69, 9.17) is 11.6 Å². The third-order valence-corrected chi connectivity index (χ3v) is 5.78. The van der Waals surface area contributed by atoms with Crippen LogP contribution in [-0.2, 0) is 0 Å². The van der Waals surface area contributed by atoms with Gasteiger partial charge in [-0.25, -0.2) is 0 Å². The highest BCUT2D eigenvalue weighted by molar-refractivity contribution is 14.0. The molecule has 2 aliphatic heterocycles. The Kier molecular flexibility index (Phi) is 8.91. The molecular weight excluding hydrogens is 475 g/mol. The largest absolute Gasteiger partial charge is 0.367 e. The zero-order chi connectivity index (χ0) is 18.5. The summed E-state index contributed by atoms with van der Waals surface area (Å²) in [7, 11) is 6.28. The molecule has 0 aliphatic carbocycles. The Morgan fingerprint density at radius 1 is 1.11 bits per heavy atom. The first-order chi connectivity index (χ1) is 12.6. The number of halogens is 2. The molecule has 0 amide bonds. The van der Waals surface area contributed by atoms with Crippen LogP contribution in [-0.4, -0.2) is 100 Å². The van der Waals surface area contributed by atoms with Crippen LogP contribution in [0, 0.1) is 0 Å². The molecular formula is C19H32ClIN6. The molecule has 1 unspecified atom stereocenters. The maximum Gasteiger partial charge on any atom is 0.193 e. The number of benzene rings is 1. The summed E-state index contributed by atoms with van der Waals surface area (Å²) < 4.78 is 0. The van der Waals surface area contributed by atoms with Gasteiger partial charge in [-0.2, -0.15) is 0 Å². The second kappa shape index (κ2) is 10.7. The van der Waals surface area contributed by atoms with E-state index in [1.165, 1.54) is 0 Å². The third kappa shape index (κ3) is 5.85. The lowest BCUT2D eigenvalue weighted by atomic mass is 10.2. The predicted octanol–water partition coefficient (Wildman–Crippen LogP) is 1.90. The number of piperazine rings is 2. The standard InChI is InChI=1S/C19H31ClN6.HI/c1-21-19(22-14-16-15-23(2)8-9-24(16)3)26-12-10-25(11-13-26)18-7-5-4-6-17(18)20;/h4-7,16H,8-15H2,1-3H3,(H,21,22);1H. The normalized spacial score (nSPS) is 22.5. The average molecular weight is 507 g/mol. The van der Waals surface area contributed by atoms with Crippen molar-refractivity contribution >= 4 is 47.2 Å². The van der Waals surface area contributed by atoms with Gasteiger partial charge in [0.15, 0.2) is 5.96 Å². The van der Waals surface area contributed by atoms with Crippen LogP contribution in [0.25, 0.3) is 0 Å². The molecule has 2 heterocycles. The van der Waals surface area contributed by atoms with E-state index >= 15 is 0 Å². The zero-order valence-electron chi connectivity index (χ0n) is 16.6. The van der Waals surface area contributed by atoms with Gasteiger partial charge in [-0.05, 0) is 26.2 Å². The van der Waals surface area contributed by atoms with Crippen LogP contribution in [0.1, 0.15) is 0 Å². The van der Waals surface area contributed by atoms with Crippen LogP contribution in [0.2, 0.25) is 5.02 Å². The molecule has 152 valence electrons. The molecule has 2 saturated heterocycles. The topological polar surface area (TPSA) is 37.4 Å². The molecule has 8 heteroatoms. The number of aliphatic imine (C=N–C) groups is 1. The van der Waals surface area contributed by atoms with Crippen LogP contribution in [0.4, 0.5) is 5.69 Å². The van der Waals surface area contributed by atoms with Gasteiger partial charge in [0.05, 0.1) is 10.7 Å². The lowest BCUT2D eigenvalue weighted by Crippen LogP contribution is -2.57. The van der Waals surface area contributed by atoms with Crippen molar-refractivity contribution in [3.63, 3.8) is 0 Å². The van der Waals surface area contributed by atoms with Gasteiger partial charge in [0.2, 0.25) is 0 Å². The predicted molar refractivity (Wildman–Crippen MR) is 126 cm³/mol. The van der Waals surface area contributed by atoms with E-state index in [1.807, 2.05) is 25.2 Å². The van der Waals surface area contributed by atoms with Crippen molar-refractivity contribution in [1.82, 2.24) is 20.0 Å². The van der Waals surface area contributed by atoms with E-state index in [0.717, 1.165) is 69.0 Å². The maximum atomic E-state index is 6.35. The summed E-state index contributed by atoms with van der Waals surface area (Å²) in [5.74, 6) is 1.01. The van der Waals surface area contributed by atoms with Crippen molar-refractivity contribution in [1.29, 1.82) is 0 Å². The van der Waals surface area contributed by atoms with E-state index in [0.29, 0.717) is 6.04 Å². The minimum atomic E-state index is 0. The van der Waals surface area contributed by atoms with E-state index in [9.17, 15) is 0 Å². The summed E-state index contributed by atoms with van der Waals surface area (Å²) in [6.07, 6.45) is 0. The Balaban J connectivity index is 0.00000261. The lowest BCUT2D eigenvalue weighted by Gasteiger charge is -2.40. The zero-order valence-corrected chi connectivity index (χ0v) is 19.7. The van der Waals surface area contributed by atoms with Gasteiger partial charge in [-0.1, -0.05) is 23.7 Å². The number of nitrogens with zero attached hydrogens (tertiary/aromatic N) is 5. The summed E-state index contributed by atoms with van der Waals surface area (Å²) in [5.41, 5.74) is 1.13. The number of likely N-dealkylation sites (N-methyl/N-ethyl adjacent to an activating group) is 2. The molecule has 1 N–H and O–H groups in total. The Hall–Kier alpha value is -0.770. The minimum Gasteiger partial charge on any atom is -0.367 e. The fourth-order valence-electron chi connectivity index (χ4n) is 3.73. The number of para-hydroxylation sites is 1. The Bertz CT molecular complexity index is 620. The molecule has 6 nitrogen and oxygen atoms in total. The van der Waals surface area contributed by atoms with Gasteiger partial charge in [0.25, 0.3) is 0 Å². The quantitative estimate of drug-likeness (QED) is 0.385. The van der Waals surface area contributed by atoms with E-state index < -0.39 is 0 Å². The van der Waals surface area contributed by atoms with Crippen molar-refractivity contribution < 1.29 is 0 Å². The molecule has 1 atom stereocenters. The summed E-state index contributed by atoms with van der Waals surface area (Å²) in [6, 6.07) is 8.61. The number of hydrogen-bond acceptors (Lipinski definition) is 4. The van der Waals surface area contributed by atoms with Gasteiger partial charge in [-0.15, -0.1) is 24.0 Å². The van der Waals surface area contributed by atoms with Crippen molar-refractivity contribution in [3.8, 4) is 0 Å². The van der Waals surface area contributed by atoms with Gasteiger partial charge < -0.3 is 20.0 Å². The number of guanidine groups is 1. The molecule has 2 aliphatic rings. The highest BCUT2D eigenvalue weighted by Crippen LogP contribution is 2.26. The van der Waals surface area contributed by atoms with E-state index in [1.54, 1.807) is 0 Å². The SMILES string of the molecule is CN=C(NCC1CN(C)CCN1C)N1CCN(c2ccccc2Cl)CC1.I. The van der Waals surface area contributed by atoms with Crippen LogP contribution in [0.15, 0.2) is 29.3 Å². The van der Waals surface area contributed by atoms with Gasteiger partial charge in [0, 0.05) is 65.4 Å². The summed E-state index contributed by atoms with van der Waals surface area (Å²) >= 11 is 6.35. The van der Waals surface area contributed by atoms with E-state index in [2.05, 4.69) is 50.1 Å². The summed E-state index contributed by atoms with van der Waals surface area (Å²) in [4.78, 5) is 14.1. The van der Waals surface area contributed by atoms with Crippen LogP contribution < -0.4 is 10.2 Å². The van der Waals surface area contributed by atoms with Crippen molar-refractivity contribution in [3.05, 3.63) is 29.3 Å². The Labute approximate surface area is 185 Å². The molecule has 0 saturated carbocycles. The summed E-state index contributed by atoms with van der Waals surface area (Å²) in [5, 5.41) is 4.42. The highest BCUT2D eigenvalue weighted by Gasteiger charge is 2.24. The second-order valence-electron chi connectivity index (χ2n) is 7.25. The smallest absolute Gasteiger partial charge is 0.193 e. The number of anilines is 1. The van der Waals surface area contributed by atoms with Gasteiger partial charge in [-0.3, -0.25) is 9.89 Å². The Morgan fingerprint density at radius 3 is 2.48 bits per heavy atom. The monoisotopic (exact) mass is 506 g/mol. The van der Waals surface area contributed by atoms with Crippen LogP contribution in [0.3, 0.4) is 0 Å². The minimum absolute atomic E-state index is 0. The van der Waals surface area contributed by atoms with Crippen LogP contribution >= 0.6 is 35.6 Å². The van der Waals surface area contributed by atoms with Gasteiger partial charge in [0.1, 0.15) is 0 Å². The molecule has 1 aromatic carbocycles. The molecule has 27 heavy (non-hydrogen) atoms. The van der Waals surface area contributed by atoms with Gasteiger partial charge >= 0.3 is 0 Å². The van der Waals surface area contributed by atoms with Crippen molar-refractivity contribution in [2.75, 3.05) is 78.4 Å². The second-order valence-corrected chi connectivity index (χ2v) is 7.66. The highest BCUT2D eigenvalue weighted by atomic mass is 127. The molecule has 0 aromatic heterocycles. The lowest BCUT2D eigenvalue weighted by molar-refractivity contribution is 0.116.